The molecule has 9 heteroatoms. The maximum Gasteiger partial charge on any atom is 0.409 e. The monoisotopic (exact) mass is 472 g/mol. The largest absolute Gasteiger partial charge is 0.450 e. The van der Waals surface area contributed by atoms with Gasteiger partial charge in [0, 0.05) is 26.2 Å². The van der Waals surface area contributed by atoms with Crippen molar-refractivity contribution in [3.8, 4) is 6.07 Å². The first-order valence-corrected chi connectivity index (χ1v) is 11.7. The van der Waals surface area contributed by atoms with E-state index in [1.165, 1.54) is 0 Å². The Kier molecular flexibility index (Phi) is 7.41. The van der Waals surface area contributed by atoms with Gasteiger partial charge in [-0.3, -0.25) is 4.79 Å². The van der Waals surface area contributed by atoms with Gasteiger partial charge in [0.05, 0.1) is 29.8 Å². The van der Waals surface area contributed by atoms with Crippen LogP contribution in [0.15, 0.2) is 54.6 Å². The average molecular weight is 473 g/mol. The van der Waals surface area contributed by atoms with Crippen molar-refractivity contribution in [1.29, 1.82) is 5.26 Å². The van der Waals surface area contributed by atoms with Gasteiger partial charge in [-0.1, -0.05) is 42.5 Å². The van der Waals surface area contributed by atoms with Crippen LogP contribution in [0.2, 0.25) is 0 Å². The van der Waals surface area contributed by atoms with E-state index < -0.39 is 11.8 Å². The molecule has 3 aromatic rings. The molecule has 2 amide bonds. The zero-order chi connectivity index (χ0) is 24.8. The van der Waals surface area contributed by atoms with Crippen molar-refractivity contribution in [3.63, 3.8) is 0 Å². The van der Waals surface area contributed by atoms with E-state index in [2.05, 4.69) is 11.4 Å². The highest BCUT2D eigenvalue weighted by Crippen LogP contribution is 2.29. The molecule has 0 spiro atoms. The fraction of sp³-hybridized carbons (Fsp3) is 0.346. The lowest BCUT2D eigenvalue weighted by atomic mass is 10.0. The minimum atomic E-state index is -1.14. The molecule has 0 unspecified atom stereocenters. The number of ether oxygens (including phenoxy) is 1. The van der Waals surface area contributed by atoms with Crippen LogP contribution in [-0.4, -0.2) is 59.7 Å². The molecular weight excluding hydrogens is 444 g/mol. The first-order valence-electron chi connectivity index (χ1n) is 11.7. The number of hydrogen-bond acceptors (Lipinski definition) is 7. The van der Waals surface area contributed by atoms with E-state index in [9.17, 15) is 14.9 Å². The van der Waals surface area contributed by atoms with Crippen LogP contribution < -0.4 is 10.2 Å². The van der Waals surface area contributed by atoms with Crippen LogP contribution in [0.25, 0.3) is 11.0 Å². The summed E-state index contributed by atoms with van der Waals surface area (Å²) >= 11 is 0. The van der Waals surface area contributed by atoms with Gasteiger partial charge in [-0.25, -0.2) is 14.8 Å². The highest BCUT2D eigenvalue weighted by Gasteiger charge is 2.31. The van der Waals surface area contributed by atoms with Gasteiger partial charge in [0.15, 0.2) is 11.7 Å². The number of para-hydroxylation sites is 2. The number of aromatic nitrogens is 2. The van der Waals surface area contributed by atoms with Gasteiger partial charge in [0.1, 0.15) is 5.69 Å². The van der Waals surface area contributed by atoms with Crippen molar-refractivity contribution in [2.24, 2.45) is 0 Å². The third-order valence-corrected chi connectivity index (χ3v) is 6.01. The number of rotatable bonds is 6. The molecule has 0 bridgehead atoms. The minimum absolute atomic E-state index is 0.274. The molecule has 180 valence electrons. The van der Waals surface area contributed by atoms with Crippen LogP contribution >= 0.6 is 0 Å². The maximum absolute atomic E-state index is 13.3. The standard InChI is InChI=1S/C26H28N6O3/c1-3-35-26(34)32-15-13-31(14-16-32)24-23(29-21-11-7-8-12-22(21)30-24)20(17-27)25(33)28-18(2)19-9-5-4-6-10-19/h4-12,18,20H,3,13-16H2,1-2H3,(H,28,33)/t18-,20+/m1/s1. The Morgan fingerprint density at radius 2 is 1.66 bits per heavy atom. The van der Waals surface area contributed by atoms with Gasteiger partial charge in [0.25, 0.3) is 0 Å². The Hall–Kier alpha value is -4.19. The molecule has 1 aliphatic rings. The number of piperazine rings is 1. The molecule has 1 aromatic heterocycles. The summed E-state index contributed by atoms with van der Waals surface area (Å²) in [5.74, 6) is -1.09. The normalized spacial score (nSPS) is 15.2. The number of carbonyl (C=O) groups excluding carboxylic acids is 2. The molecule has 9 nitrogen and oxygen atoms in total. The fourth-order valence-electron chi connectivity index (χ4n) is 4.11. The molecule has 1 aliphatic heterocycles. The molecule has 4 rings (SSSR count). The summed E-state index contributed by atoms with van der Waals surface area (Å²) in [6, 6.07) is 18.8. The number of fused-ring (bicyclic) bond motifs is 1. The molecule has 2 atom stereocenters. The second-order valence-corrected chi connectivity index (χ2v) is 8.30. The highest BCUT2D eigenvalue weighted by molar-refractivity contribution is 5.89. The Labute approximate surface area is 204 Å². The topological polar surface area (TPSA) is 111 Å². The summed E-state index contributed by atoms with van der Waals surface area (Å²) in [5.41, 5.74) is 2.54. The van der Waals surface area contributed by atoms with Crippen LogP contribution in [0.4, 0.5) is 10.6 Å². The van der Waals surface area contributed by atoms with Crippen LogP contribution in [-0.2, 0) is 9.53 Å². The van der Waals surface area contributed by atoms with Crippen LogP contribution in [0.5, 0.6) is 0 Å². The van der Waals surface area contributed by atoms with Gasteiger partial charge < -0.3 is 19.9 Å². The molecule has 2 heterocycles. The second kappa shape index (κ2) is 10.8. The number of carbonyl (C=O) groups is 2. The summed E-state index contributed by atoms with van der Waals surface area (Å²) in [4.78, 5) is 38.5. The zero-order valence-corrected chi connectivity index (χ0v) is 19.8. The maximum atomic E-state index is 13.3. The van der Waals surface area contributed by atoms with Crippen LogP contribution in [0.3, 0.4) is 0 Å². The van der Waals surface area contributed by atoms with E-state index in [1.54, 1.807) is 11.8 Å². The number of hydrogen-bond donors (Lipinski definition) is 1. The minimum Gasteiger partial charge on any atom is -0.450 e. The predicted octanol–water partition coefficient (Wildman–Crippen LogP) is 3.39. The van der Waals surface area contributed by atoms with Crippen molar-refractivity contribution in [2.75, 3.05) is 37.7 Å². The van der Waals surface area contributed by atoms with E-state index in [-0.39, 0.29) is 12.1 Å². The summed E-state index contributed by atoms with van der Waals surface area (Å²) in [7, 11) is 0. The van der Waals surface area contributed by atoms with Gasteiger partial charge in [-0.2, -0.15) is 5.26 Å². The molecule has 2 aromatic carbocycles. The Morgan fingerprint density at radius 1 is 1.03 bits per heavy atom. The van der Waals surface area contributed by atoms with E-state index in [0.717, 1.165) is 5.56 Å². The van der Waals surface area contributed by atoms with Crippen molar-refractivity contribution in [3.05, 3.63) is 65.9 Å². The molecule has 0 saturated carbocycles. The van der Waals surface area contributed by atoms with E-state index in [4.69, 9.17) is 14.7 Å². The quantitative estimate of drug-likeness (QED) is 0.585. The molecular formula is C26H28N6O3. The van der Waals surface area contributed by atoms with Crippen LogP contribution in [0, 0.1) is 11.3 Å². The number of anilines is 1. The number of nitrogens with zero attached hydrogens (tertiary/aromatic N) is 5. The van der Waals surface area contributed by atoms with Gasteiger partial charge >= 0.3 is 6.09 Å². The summed E-state index contributed by atoms with van der Waals surface area (Å²) in [6.45, 7) is 5.83. The summed E-state index contributed by atoms with van der Waals surface area (Å²) in [6.07, 6.45) is -0.346. The predicted molar refractivity (Wildman–Crippen MR) is 132 cm³/mol. The van der Waals surface area contributed by atoms with Crippen molar-refractivity contribution >= 4 is 28.9 Å². The van der Waals surface area contributed by atoms with E-state index >= 15 is 0 Å². The first-order chi connectivity index (χ1) is 17.0. The summed E-state index contributed by atoms with van der Waals surface area (Å²) in [5, 5.41) is 13.0. The third-order valence-electron chi connectivity index (χ3n) is 6.01. The molecule has 1 fully saturated rings. The smallest absolute Gasteiger partial charge is 0.409 e. The van der Waals surface area contributed by atoms with E-state index in [0.29, 0.717) is 55.3 Å². The lowest BCUT2D eigenvalue weighted by Gasteiger charge is -2.35. The highest BCUT2D eigenvalue weighted by atomic mass is 16.6. The number of amides is 2. The molecule has 0 radical (unpaired) electrons. The number of nitriles is 1. The van der Waals surface area contributed by atoms with Crippen LogP contribution in [0.1, 0.15) is 37.1 Å². The number of benzene rings is 2. The van der Waals surface area contributed by atoms with Gasteiger partial charge in [-0.15, -0.1) is 0 Å². The molecule has 1 N–H and O–H groups in total. The van der Waals surface area contributed by atoms with Gasteiger partial charge in [-0.05, 0) is 31.5 Å². The van der Waals surface area contributed by atoms with Crippen molar-refractivity contribution < 1.29 is 14.3 Å². The Bertz CT molecular complexity index is 1230. The average Bonchev–Trinajstić information content (AvgIpc) is 2.89. The fourth-order valence-corrected chi connectivity index (χ4v) is 4.11. The third kappa shape index (κ3) is 5.32. The lowest BCUT2D eigenvalue weighted by molar-refractivity contribution is -0.122. The van der Waals surface area contributed by atoms with Gasteiger partial charge in [0.2, 0.25) is 5.91 Å². The number of nitrogens with one attached hydrogen (secondary N) is 1. The van der Waals surface area contributed by atoms with E-state index in [1.807, 2.05) is 66.4 Å². The molecule has 35 heavy (non-hydrogen) atoms. The van der Waals surface area contributed by atoms with Crippen molar-refractivity contribution in [1.82, 2.24) is 20.2 Å². The Morgan fingerprint density at radius 3 is 2.29 bits per heavy atom. The Balaban J connectivity index is 1.63. The molecule has 0 aliphatic carbocycles. The first kappa shape index (κ1) is 24.0. The second-order valence-electron chi connectivity index (χ2n) is 8.30. The zero-order valence-electron chi connectivity index (χ0n) is 19.8. The SMILES string of the molecule is CCOC(=O)N1CCN(c2nc3ccccc3nc2[C@H](C#N)C(=O)N[C@H](C)c2ccccc2)CC1. The molecule has 1 saturated heterocycles. The summed E-state index contributed by atoms with van der Waals surface area (Å²) < 4.78 is 5.11. The lowest BCUT2D eigenvalue weighted by Crippen LogP contribution is -2.49. The van der Waals surface area contributed by atoms with Crippen molar-refractivity contribution in [2.45, 2.75) is 25.8 Å².